The molecule has 25 heavy (non-hydrogen) atoms. The van der Waals surface area contributed by atoms with Crippen molar-refractivity contribution in [1.29, 1.82) is 0 Å². The van der Waals surface area contributed by atoms with E-state index in [2.05, 4.69) is 5.32 Å². The summed E-state index contributed by atoms with van der Waals surface area (Å²) in [7, 11) is 1.40. The number of benzene rings is 1. The molecule has 0 aliphatic carbocycles. The molecule has 0 fully saturated rings. The number of ether oxygens (including phenoxy) is 2. The predicted octanol–water partition coefficient (Wildman–Crippen LogP) is 3.39. The molecule has 1 N–H and O–H groups in total. The summed E-state index contributed by atoms with van der Waals surface area (Å²) in [5, 5.41) is 14.0. The van der Waals surface area contributed by atoms with Crippen molar-refractivity contribution < 1.29 is 23.6 Å². The van der Waals surface area contributed by atoms with Gasteiger partial charge < -0.3 is 19.2 Å². The van der Waals surface area contributed by atoms with Gasteiger partial charge in [0.25, 0.3) is 11.6 Å². The number of carbonyl (C=O) groups is 1. The van der Waals surface area contributed by atoms with Gasteiger partial charge in [-0.1, -0.05) is 0 Å². The normalized spacial score (nSPS) is 11.7. The fraction of sp³-hybridized carbons (Fsp3) is 0.353. The minimum atomic E-state index is -0.626. The lowest BCUT2D eigenvalue weighted by Crippen LogP contribution is -2.27. The van der Waals surface area contributed by atoms with Gasteiger partial charge in [0.05, 0.1) is 30.7 Å². The molecule has 1 aromatic carbocycles. The molecule has 8 nitrogen and oxygen atoms in total. The summed E-state index contributed by atoms with van der Waals surface area (Å²) in [6.45, 7) is 5.58. The highest BCUT2D eigenvalue weighted by Gasteiger charge is 2.26. The van der Waals surface area contributed by atoms with Crippen LogP contribution in [0.5, 0.6) is 11.5 Å². The SMILES string of the molecule is CCOc1cc([N+](=O)[O-])c(C(=O)NC(C)c2ccc(C)o2)cc1OC. The highest BCUT2D eigenvalue weighted by molar-refractivity contribution is 5.99. The van der Waals surface area contributed by atoms with Gasteiger partial charge in [0.2, 0.25) is 0 Å². The van der Waals surface area contributed by atoms with Gasteiger partial charge in [0.15, 0.2) is 11.5 Å². The summed E-state index contributed by atoms with van der Waals surface area (Å²) >= 11 is 0. The zero-order chi connectivity index (χ0) is 18.6. The summed E-state index contributed by atoms with van der Waals surface area (Å²) in [4.78, 5) is 23.3. The first-order valence-electron chi connectivity index (χ1n) is 7.73. The average molecular weight is 348 g/mol. The zero-order valence-electron chi connectivity index (χ0n) is 14.5. The Morgan fingerprint density at radius 2 is 2.08 bits per heavy atom. The Bertz CT molecular complexity index is 783. The number of aryl methyl sites for hydroxylation is 1. The van der Waals surface area contributed by atoms with E-state index in [0.29, 0.717) is 18.1 Å². The number of nitro benzene ring substituents is 1. The lowest BCUT2D eigenvalue weighted by atomic mass is 10.1. The molecule has 8 heteroatoms. The Morgan fingerprint density at radius 1 is 1.36 bits per heavy atom. The molecule has 1 amide bonds. The van der Waals surface area contributed by atoms with Gasteiger partial charge in [0, 0.05) is 6.07 Å². The minimum Gasteiger partial charge on any atom is -0.493 e. The molecule has 134 valence electrons. The molecule has 0 spiro atoms. The third-order valence-corrected chi connectivity index (χ3v) is 3.56. The van der Waals surface area contributed by atoms with E-state index in [1.54, 1.807) is 32.9 Å². The number of nitrogens with one attached hydrogen (secondary N) is 1. The molecule has 0 bridgehead atoms. The topological polar surface area (TPSA) is 104 Å². The first kappa shape index (κ1) is 18.3. The second-order valence-corrected chi connectivity index (χ2v) is 5.35. The van der Waals surface area contributed by atoms with Crippen molar-refractivity contribution in [2.45, 2.75) is 26.8 Å². The number of methoxy groups -OCH3 is 1. The summed E-state index contributed by atoms with van der Waals surface area (Å²) in [6, 6.07) is 5.57. The molecule has 2 aromatic rings. The van der Waals surface area contributed by atoms with E-state index in [1.165, 1.54) is 19.2 Å². The second-order valence-electron chi connectivity index (χ2n) is 5.35. The maximum atomic E-state index is 12.5. The molecular formula is C17H20N2O6. The molecular weight excluding hydrogens is 328 g/mol. The first-order chi connectivity index (χ1) is 11.9. The van der Waals surface area contributed by atoms with Crippen LogP contribution in [0, 0.1) is 17.0 Å². The Hall–Kier alpha value is -3.03. The molecule has 0 radical (unpaired) electrons. The number of nitro groups is 1. The van der Waals surface area contributed by atoms with Crippen LogP contribution in [0.3, 0.4) is 0 Å². The van der Waals surface area contributed by atoms with E-state index in [-0.39, 0.29) is 22.7 Å². The van der Waals surface area contributed by atoms with Gasteiger partial charge in [-0.25, -0.2) is 0 Å². The van der Waals surface area contributed by atoms with Crippen LogP contribution >= 0.6 is 0 Å². The van der Waals surface area contributed by atoms with E-state index in [1.807, 2.05) is 0 Å². The second kappa shape index (κ2) is 7.69. The summed E-state index contributed by atoms with van der Waals surface area (Å²) in [6.07, 6.45) is 0. The van der Waals surface area contributed by atoms with Crippen LogP contribution in [0.2, 0.25) is 0 Å². The zero-order valence-corrected chi connectivity index (χ0v) is 14.5. The van der Waals surface area contributed by atoms with Crippen molar-refractivity contribution in [3.05, 3.63) is 51.5 Å². The van der Waals surface area contributed by atoms with Crippen LogP contribution in [0.1, 0.15) is 41.8 Å². The molecule has 0 saturated carbocycles. The molecule has 0 aliphatic rings. The summed E-state index contributed by atoms with van der Waals surface area (Å²) < 4.78 is 16.0. The molecule has 2 rings (SSSR count). The summed E-state index contributed by atoms with van der Waals surface area (Å²) in [5.74, 6) is 1.13. The molecule has 0 saturated heterocycles. The van der Waals surface area contributed by atoms with E-state index in [9.17, 15) is 14.9 Å². The van der Waals surface area contributed by atoms with E-state index in [0.717, 1.165) is 0 Å². The lowest BCUT2D eigenvalue weighted by Gasteiger charge is -2.14. The number of furan rings is 1. The van der Waals surface area contributed by atoms with Gasteiger partial charge in [-0.15, -0.1) is 0 Å². The highest BCUT2D eigenvalue weighted by atomic mass is 16.6. The van der Waals surface area contributed by atoms with Gasteiger partial charge in [0.1, 0.15) is 17.1 Å². The largest absolute Gasteiger partial charge is 0.493 e. The van der Waals surface area contributed by atoms with Gasteiger partial charge >= 0.3 is 0 Å². The highest BCUT2D eigenvalue weighted by Crippen LogP contribution is 2.35. The van der Waals surface area contributed by atoms with E-state index in [4.69, 9.17) is 13.9 Å². The van der Waals surface area contributed by atoms with Gasteiger partial charge in [-0.3, -0.25) is 14.9 Å². The number of amides is 1. The maximum absolute atomic E-state index is 12.5. The van der Waals surface area contributed by atoms with Crippen LogP contribution in [-0.2, 0) is 0 Å². The first-order valence-corrected chi connectivity index (χ1v) is 7.73. The summed E-state index contributed by atoms with van der Waals surface area (Å²) in [5.41, 5.74) is -0.468. The standard InChI is InChI=1S/C17H20N2O6/c1-5-24-16-9-13(19(21)22)12(8-15(16)23-4)17(20)18-11(3)14-7-6-10(2)25-14/h6-9,11H,5H2,1-4H3,(H,18,20). The van der Waals surface area contributed by atoms with Crippen molar-refractivity contribution in [2.24, 2.45) is 0 Å². The van der Waals surface area contributed by atoms with Crippen LogP contribution in [0.4, 0.5) is 5.69 Å². The molecule has 1 atom stereocenters. The number of rotatable bonds is 7. The Morgan fingerprint density at radius 3 is 2.60 bits per heavy atom. The average Bonchev–Trinajstić information content (AvgIpc) is 3.01. The van der Waals surface area contributed by atoms with Crippen molar-refractivity contribution in [2.75, 3.05) is 13.7 Å². The van der Waals surface area contributed by atoms with E-state index < -0.39 is 16.9 Å². The third kappa shape index (κ3) is 4.09. The van der Waals surface area contributed by atoms with Gasteiger partial charge in [-0.05, 0) is 32.9 Å². The Labute approximate surface area is 144 Å². The fourth-order valence-electron chi connectivity index (χ4n) is 2.34. The lowest BCUT2D eigenvalue weighted by molar-refractivity contribution is -0.385. The van der Waals surface area contributed by atoms with Crippen molar-refractivity contribution in [1.82, 2.24) is 5.32 Å². The molecule has 0 aliphatic heterocycles. The van der Waals surface area contributed by atoms with Gasteiger partial charge in [-0.2, -0.15) is 0 Å². The third-order valence-electron chi connectivity index (χ3n) is 3.56. The maximum Gasteiger partial charge on any atom is 0.286 e. The van der Waals surface area contributed by atoms with Crippen molar-refractivity contribution >= 4 is 11.6 Å². The van der Waals surface area contributed by atoms with E-state index >= 15 is 0 Å². The van der Waals surface area contributed by atoms with Crippen LogP contribution in [0.25, 0.3) is 0 Å². The van der Waals surface area contributed by atoms with Crippen molar-refractivity contribution in [3.63, 3.8) is 0 Å². The van der Waals surface area contributed by atoms with Crippen molar-refractivity contribution in [3.8, 4) is 11.5 Å². The number of hydrogen-bond acceptors (Lipinski definition) is 6. The monoisotopic (exact) mass is 348 g/mol. The molecule has 1 aromatic heterocycles. The number of carbonyl (C=O) groups excluding carboxylic acids is 1. The number of nitrogens with zero attached hydrogens (tertiary/aromatic N) is 1. The Balaban J connectivity index is 2.35. The minimum absolute atomic E-state index is 0.111. The number of hydrogen-bond donors (Lipinski definition) is 1. The smallest absolute Gasteiger partial charge is 0.286 e. The quantitative estimate of drug-likeness (QED) is 0.607. The molecule has 1 heterocycles. The predicted molar refractivity (Wildman–Crippen MR) is 90.1 cm³/mol. The van der Waals surface area contributed by atoms with Crippen LogP contribution < -0.4 is 14.8 Å². The molecule has 1 unspecified atom stereocenters. The van der Waals surface area contributed by atoms with Crippen LogP contribution in [-0.4, -0.2) is 24.5 Å². The Kier molecular flexibility index (Phi) is 5.63. The fourth-order valence-corrected chi connectivity index (χ4v) is 2.34. The van der Waals surface area contributed by atoms with Crippen LogP contribution in [0.15, 0.2) is 28.7 Å².